The van der Waals surface area contributed by atoms with Crippen molar-refractivity contribution >= 4 is 22.4 Å². The van der Waals surface area contributed by atoms with E-state index in [1.54, 1.807) is 0 Å². The van der Waals surface area contributed by atoms with Gasteiger partial charge in [0.05, 0.1) is 25.5 Å². The summed E-state index contributed by atoms with van der Waals surface area (Å²) in [7, 11) is 0. The van der Waals surface area contributed by atoms with Crippen LogP contribution >= 0.6 is 11.3 Å². The molecular formula is C10H15N3O2S. The van der Waals surface area contributed by atoms with Gasteiger partial charge in [-0.05, 0) is 6.92 Å². The van der Waals surface area contributed by atoms with Gasteiger partial charge in [0.1, 0.15) is 0 Å². The van der Waals surface area contributed by atoms with E-state index in [9.17, 15) is 4.79 Å². The van der Waals surface area contributed by atoms with Gasteiger partial charge in [-0.15, -0.1) is 11.3 Å². The van der Waals surface area contributed by atoms with Crippen molar-refractivity contribution in [3.05, 3.63) is 11.1 Å². The van der Waals surface area contributed by atoms with E-state index in [-0.39, 0.29) is 5.91 Å². The molecule has 5 nitrogen and oxygen atoms in total. The fourth-order valence-corrected chi connectivity index (χ4v) is 2.24. The SMILES string of the molecule is Cc1csc(NC(=O)CN2CCOCC2)n1. The molecule has 1 aliphatic heterocycles. The molecule has 0 spiro atoms. The second-order valence-electron chi connectivity index (χ2n) is 3.73. The number of nitrogens with zero attached hydrogens (tertiary/aromatic N) is 2. The number of hydrogen-bond acceptors (Lipinski definition) is 5. The van der Waals surface area contributed by atoms with Gasteiger partial charge in [-0.1, -0.05) is 0 Å². The summed E-state index contributed by atoms with van der Waals surface area (Å²) in [6, 6.07) is 0. The molecule has 0 aliphatic carbocycles. The zero-order valence-corrected chi connectivity index (χ0v) is 10.0. The molecule has 0 radical (unpaired) electrons. The lowest BCUT2D eigenvalue weighted by atomic mass is 10.4. The summed E-state index contributed by atoms with van der Waals surface area (Å²) in [6.07, 6.45) is 0. The second-order valence-corrected chi connectivity index (χ2v) is 4.59. The summed E-state index contributed by atoms with van der Waals surface area (Å²) in [5.41, 5.74) is 0.937. The highest BCUT2D eigenvalue weighted by Gasteiger charge is 2.14. The van der Waals surface area contributed by atoms with Crippen LogP contribution in [0.1, 0.15) is 5.69 Å². The van der Waals surface area contributed by atoms with Crippen molar-refractivity contribution in [3.63, 3.8) is 0 Å². The molecule has 88 valence electrons. The average molecular weight is 241 g/mol. The number of morpholine rings is 1. The number of aryl methyl sites for hydroxylation is 1. The molecule has 0 bridgehead atoms. The molecule has 2 heterocycles. The van der Waals surface area contributed by atoms with Crippen molar-refractivity contribution in [3.8, 4) is 0 Å². The van der Waals surface area contributed by atoms with Crippen molar-refractivity contribution in [2.45, 2.75) is 6.92 Å². The first-order valence-corrected chi connectivity index (χ1v) is 6.14. The molecule has 1 N–H and O–H groups in total. The molecule has 0 aromatic carbocycles. The molecule has 1 fully saturated rings. The Morgan fingerprint density at radius 1 is 1.62 bits per heavy atom. The van der Waals surface area contributed by atoms with Crippen molar-refractivity contribution in [1.29, 1.82) is 0 Å². The lowest BCUT2D eigenvalue weighted by Gasteiger charge is -2.25. The third-order valence-electron chi connectivity index (χ3n) is 2.34. The molecule has 6 heteroatoms. The van der Waals surface area contributed by atoms with Gasteiger partial charge < -0.3 is 10.1 Å². The Morgan fingerprint density at radius 2 is 2.38 bits per heavy atom. The highest BCUT2D eigenvalue weighted by molar-refractivity contribution is 7.13. The molecular weight excluding hydrogens is 226 g/mol. The van der Waals surface area contributed by atoms with Crippen LogP contribution < -0.4 is 5.32 Å². The first-order valence-electron chi connectivity index (χ1n) is 5.26. The van der Waals surface area contributed by atoms with Crippen LogP contribution in [0.2, 0.25) is 0 Å². The van der Waals surface area contributed by atoms with Crippen LogP contribution in [0, 0.1) is 6.92 Å². The van der Waals surface area contributed by atoms with Crippen LogP contribution in [-0.4, -0.2) is 48.6 Å². The topological polar surface area (TPSA) is 54.5 Å². The summed E-state index contributed by atoms with van der Waals surface area (Å²) in [5, 5.41) is 5.39. The molecule has 2 rings (SSSR count). The monoisotopic (exact) mass is 241 g/mol. The van der Waals surface area contributed by atoms with Crippen LogP contribution in [0.3, 0.4) is 0 Å². The Balaban J connectivity index is 1.79. The molecule has 16 heavy (non-hydrogen) atoms. The molecule has 1 aromatic heterocycles. The van der Waals surface area contributed by atoms with Gasteiger partial charge in [0.2, 0.25) is 5.91 Å². The smallest absolute Gasteiger partial charge is 0.240 e. The lowest BCUT2D eigenvalue weighted by molar-refractivity contribution is -0.118. The van der Waals surface area contributed by atoms with Gasteiger partial charge >= 0.3 is 0 Å². The van der Waals surface area contributed by atoms with E-state index in [0.717, 1.165) is 18.8 Å². The van der Waals surface area contributed by atoms with Gasteiger partial charge in [0, 0.05) is 18.5 Å². The van der Waals surface area contributed by atoms with Gasteiger partial charge in [-0.2, -0.15) is 0 Å². The number of rotatable bonds is 3. The highest BCUT2D eigenvalue weighted by atomic mass is 32.1. The average Bonchev–Trinajstić information content (AvgIpc) is 2.65. The Labute approximate surface area is 98.4 Å². The second kappa shape index (κ2) is 5.38. The van der Waals surface area contributed by atoms with E-state index in [1.807, 2.05) is 12.3 Å². The fourth-order valence-electron chi connectivity index (χ4n) is 1.53. The maximum Gasteiger partial charge on any atom is 0.240 e. The summed E-state index contributed by atoms with van der Waals surface area (Å²) in [4.78, 5) is 17.9. The Bertz CT molecular complexity index is 361. The minimum atomic E-state index is -0.00347. The first-order chi connectivity index (χ1) is 7.74. The quantitative estimate of drug-likeness (QED) is 0.847. The van der Waals surface area contributed by atoms with E-state index in [1.165, 1.54) is 11.3 Å². The third kappa shape index (κ3) is 3.26. The number of carbonyl (C=O) groups excluding carboxylic acids is 1. The standard InChI is InChI=1S/C10H15N3O2S/c1-8-7-16-10(11-8)12-9(14)6-13-2-4-15-5-3-13/h7H,2-6H2,1H3,(H,11,12,14). The zero-order valence-electron chi connectivity index (χ0n) is 9.23. The predicted molar refractivity (Wildman–Crippen MR) is 62.7 cm³/mol. The van der Waals surface area contributed by atoms with Crippen LogP contribution in [0.15, 0.2) is 5.38 Å². The Hall–Kier alpha value is -0.980. The fraction of sp³-hybridized carbons (Fsp3) is 0.600. The van der Waals surface area contributed by atoms with E-state index in [4.69, 9.17) is 4.74 Å². The van der Waals surface area contributed by atoms with E-state index >= 15 is 0 Å². The largest absolute Gasteiger partial charge is 0.379 e. The van der Waals surface area contributed by atoms with Crippen LogP contribution in [-0.2, 0) is 9.53 Å². The predicted octanol–water partition coefficient (Wildman–Crippen LogP) is 0.722. The van der Waals surface area contributed by atoms with Crippen molar-refractivity contribution in [2.75, 3.05) is 38.2 Å². The molecule has 1 saturated heterocycles. The van der Waals surface area contributed by atoms with Crippen molar-refractivity contribution in [2.24, 2.45) is 0 Å². The maximum atomic E-state index is 11.7. The number of ether oxygens (including phenoxy) is 1. The minimum absolute atomic E-state index is 0.00347. The number of carbonyl (C=O) groups is 1. The number of anilines is 1. The minimum Gasteiger partial charge on any atom is -0.379 e. The zero-order chi connectivity index (χ0) is 11.4. The Morgan fingerprint density at radius 3 is 3.00 bits per heavy atom. The normalized spacial score (nSPS) is 17.3. The summed E-state index contributed by atoms with van der Waals surface area (Å²) in [6.45, 7) is 5.40. The first kappa shape index (κ1) is 11.5. The number of aromatic nitrogens is 1. The van der Waals surface area contributed by atoms with Crippen LogP contribution in [0.4, 0.5) is 5.13 Å². The maximum absolute atomic E-state index is 11.7. The molecule has 1 aliphatic rings. The van der Waals surface area contributed by atoms with E-state index in [0.29, 0.717) is 24.9 Å². The molecule has 0 unspecified atom stereocenters. The van der Waals surface area contributed by atoms with Gasteiger partial charge in [-0.3, -0.25) is 9.69 Å². The molecule has 1 amide bonds. The summed E-state index contributed by atoms with van der Waals surface area (Å²) < 4.78 is 5.22. The van der Waals surface area contributed by atoms with Crippen molar-refractivity contribution in [1.82, 2.24) is 9.88 Å². The molecule has 0 atom stereocenters. The van der Waals surface area contributed by atoms with E-state index in [2.05, 4.69) is 15.2 Å². The van der Waals surface area contributed by atoms with Gasteiger partial charge in [0.15, 0.2) is 5.13 Å². The van der Waals surface area contributed by atoms with Crippen molar-refractivity contribution < 1.29 is 9.53 Å². The number of nitrogens with one attached hydrogen (secondary N) is 1. The van der Waals surface area contributed by atoms with E-state index < -0.39 is 0 Å². The molecule has 0 saturated carbocycles. The number of amides is 1. The summed E-state index contributed by atoms with van der Waals surface area (Å²) >= 11 is 1.45. The van der Waals surface area contributed by atoms with Crippen LogP contribution in [0.25, 0.3) is 0 Å². The number of thiazole rings is 1. The lowest BCUT2D eigenvalue weighted by Crippen LogP contribution is -2.41. The van der Waals surface area contributed by atoms with Gasteiger partial charge in [0.25, 0.3) is 0 Å². The molecule has 1 aromatic rings. The number of hydrogen-bond donors (Lipinski definition) is 1. The highest BCUT2D eigenvalue weighted by Crippen LogP contribution is 2.14. The Kier molecular flexibility index (Phi) is 3.87. The van der Waals surface area contributed by atoms with Crippen LogP contribution in [0.5, 0.6) is 0 Å². The summed E-state index contributed by atoms with van der Waals surface area (Å²) in [5.74, 6) is -0.00347. The third-order valence-corrected chi connectivity index (χ3v) is 3.21. The van der Waals surface area contributed by atoms with Gasteiger partial charge in [-0.25, -0.2) is 4.98 Å².